The van der Waals surface area contributed by atoms with E-state index in [9.17, 15) is 97.5 Å². The molecule has 6 unspecified atom stereocenters. The van der Waals surface area contributed by atoms with Crippen LogP contribution in [0.4, 0.5) is 32.3 Å². The third-order valence-electron chi connectivity index (χ3n) is 20.7. The number of hydrogen-bond donors (Lipinski definition) is 13. The number of amides is 12. The maximum absolute atomic E-state index is 14.4. The molecule has 11 rings (SSSR count). The molecule has 0 radical (unpaired) electrons. The quantitative estimate of drug-likeness (QED) is 0.0516. The molecule has 2 saturated heterocycles. The number of rotatable bonds is 8. The topological polar surface area (TPSA) is 531 Å². The highest BCUT2D eigenvalue weighted by atomic mass is 16.6. The van der Waals surface area contributed by atoms with Crippen molar-refractivity contribution in [2.45, 2.75) is 166 Å². The van der Waals surface area contributed by atoms with Crippen LogP contribution in [0.2, 0.25) is 0 Å². The molecule has 39 nitrogen and oxygen atoms in total. The lowest BCUT2D eigenvalue weighted by Gasteiger charge is -2.31. The highest BCUT2D eigenvalue weighted by Crippen LogP contribution is 2.44. The smallest absolute Gasteiger partial charge is 0.416 e. The van der Waals surface area contributed by atoms with Gasteiger partial charge in [-0.3, -0.25) is 57.5 Å². The molecule has 39 heteroatoms. The number of nitrogens with one attached hydrogen (secondary N) is 8. The van der Waals surface area contributed by atoms with Crippen molar-refractivity contribution in [2.24, 2.45) is 5.92 Å². The molecule has 0 saturated carbocycles. The normalized spacial score (nSPS) is 23.9. The highest BCUT2D eigenvalue weighted by Gasteiger charge is 2.49. The number of ether oxygens (including phenoxy) is 7. The Balaban J connectivity index is 0.890. The Bertz CT molecular complexity index is 4530. The van der Waals surface area contributed by atoms with E-state index >= 15 is 0 Å². The average molecular weight is 1740 g/mol. The fourth-order valence-corrected chi connectivity index (χ4v) is 14.0. The molecule has 7 aliphatic heterocycles. The number of ketones is 2. The predicted octanol–water partition coefficient (Wildman–Crippen LogP) is 3.82. The number of carboxylic acids is 1. The largest absolute Gasteiger partial charge is 0.509 e. The molecule has 0 aliphatic carbocycles. The Hall–Kier alpha value is -13.4. The second-order valence-corrected chi connectivity index (χ2v) is 30.3. The van der Waals surface area contributed by atoms with E-state index in [4.69, 9.17) is 33.2 Å². The van der Waals surface area contributed by atoms with Gasteiger partial charge >= 0.3 is 18.2 Å². The van der Waals surface area contributed by atoms with Crippen molar-refractivity contribution in [1.29, 1.82) is 0 Å². The molecule has 8 bridgehead atoms. The second kappa shape index (κ2) is 45.1. The molecule has 10 atom stereocenters. The van der Waals surface area contributed by atoms with Gasteiger partial charge in [0.2, 0.25) is 47.3 Å². The minimum absolute atomic E-state index is 0.00932. The molecule has 4 aromatic carbocycles. The molecule has 670 valence electrons. The number of hydrogen-bond acceptors (Lipinski definition) is 26. The van der Waals surface area contributed by atoms with E-state index in [2.05, 4.69) is 62.3 Å². The van der Waals surface area contributed by atoms with Crippen molar-refractivity contribution in [3.05, 3.63) is 162 Å². The second-order valence-electron chi connectivity index (χ2n) is 30.3. The van der Waals surface area contributed by atoms with Gasteiger partial charge in [-0.1, -0.05) is 62.1 Å². The fraction of sp³-hybridized carbons (Fsp3) is 0.430. The lowest BCUT2D eigenvalue weighted by Crippen LogP contribution is -2.61. The standard InChI is InChI=1S/C86H104N12O27/c1-47-35-63-83(115)97-61-40-67(56(44-99)38-59(61)81(113)95(63)42-47)122-30-10-9-11-31-123-69-41-62-60(39-68(69)119-8)82(114)96-43-48(2)36-64(96)84(116)98(62)86(118)125-45-54-15-19-57(20-16-54)91-77(109)49(3)37-66(102)51(5)88-72(105)27-33-121-34-28-87-80(112)76(94-71(104)24-25-74(107)108)75(93-70(103)23-14-50(4)100)65(101)13-12-29-120-32-26-73(106)89-52(6)78(110)90-53(7)79(111)92-58-21-17-55(18-22-58)46-124-85(97)117/h14-25,38-41,49,51-53,63-64,75-76,83-84,99-100,115-116H,1-2,4,9-13,26-37,42-46H2,3,5-8H3,(H,87,112)(H,88,105)(H,89,106)(H,90,110)(H,91,109)(H,92,111)(H,93,103)(H,94,104)(H,107,108)/b23-14-,25-24-/t49?,51?,52?,53?,63-,64-,75?,76?,83-,84-/m0/s1. The van der Waals surface area contributed by atoms with Crippen molar-refractivity contribution in [2.75, 3.05) is 86.8 Å². The van der Waals surface area contributed by atoms with E-state index in [1.807, 2.05) is 0 Å². The summed E-state index contributed by atoms with van der Waals surface area (Å²) in [5, 5.41) is 73.6. The van der Waals surface area contributed by atoms with Crippen LogP contribution in [0.1, 0.15) is 129 Å². The number of methoxy groups -OCH3 is 1. The number of aliphatic carboxylic acids is 1. The van der Waals surface area contributed by atoms with E-state index in [0.29, 0.717) is 59.4 Å². The number of nitrogens with zero attached hydrogens (tertiary/aromatic N) is 4. The predicted molar refractivity (Wildman–Crippen MR) is 446 cm³/mol. The summed E-state index contributed by atoms with van der Waals surface area (Å²) in [5.74, 6) is -11.6. The van der Waals surface area contributed by atoms with Crippen LogP contribution in [0.3, 0.4) is 0 Å². The Morgan fingerprint density at radius 1 is 0.528 bits per heavy atom. The number of allylic oxidation sites excluding steroid dienone is 1. The lowest BCUT2D eigenvalue weighted by atomic mass is 9.98. The van der Waals surface area contributed by atoms with Crippen LogP contribution in [0.15, 0.2) is 134 Å². The van der Waals surface area contributed by atoms with Gasteiger partial charge in [-0.25, -0.2) is 24.2 Å². The van der Waals surface area contributed by atoms with Gasteiger partial charge in [-0.2, -0.15) is 0 Å². The summed E-state index contributed by atoms with van der Waals surface area (Å²) in [6.07, 6.45) is -2.56. The third-order valence-corrected chi connectivity index (χ3v) is 20.7. The number of anilines is 4. The Morgan fingerprint density at radius 2 is 1.02 bits per heavy atom. The first kappa shape index (κ1) is 95.5. The first-order valence-corrected chi connectivity index (χ1v) is 40.4. The minimum atomic E-state index is -1.93. The van der Waals surface area contributed by atoms with Crippen molar-refractivity contribution in [1.82, 2.24) is 41.7 Å². The van der Waals surface area contributed by atoms with Gasteiger partial charge < -0.3 is 111 Å². The van der Waals surface area contributed by atoms with E-state index in [1.165, 1.54) is 93.1 Å². The van der Waals surface area contributed by atoms with Crippen molar-refractivity contribution in [3.63, 3.8) is 0 Å². The van der Waals surface area contributed by atoms with Gasteiger partial charge in [0, 0.05) is 105 Å². The molecule has 13 N–H and O–H groups in total. The third kappa shape index (κ3) is 26.3. The number of carboxylic acid groups (broad SMARTS) is 1. The van der Waals surface area contributed by atoms with Crippen LogP contribution in [-0.4, -0.2) is 245 Å². The van der Waals surface area contributed by atoms with Crippen LogP contribution in [0.25, 0.3) is 0 Å². The molecule has 4 aromatic rings. The summed E-state index contributed by atoms with van der Waals surface area (Å²) in [4.78, 5) is 207. The Kier molecular flexibility index (Phi) is 34.5. The summed E-state index contributed by atoms with van der Waals surface area (Å²) >= 11 is 0. The zero-order chi connectivity index (χ0) is 90.9. The first-order chi connectivity index (χ1) is 59.6. The molecule has 12 amide bonds. The molecule has 7 heterocycles. The molecule has 2 fully saturated rings. The zero-order valence-electron chi connectivity index (χ0n) is 69.7. The van der Waals surface area contributed by atoms with Crippen LogP contribution in [0.5, 0.6) is 17.2 Å². The van der Waals surface area contributed by atoms with Crippen LogP contribution in [0, 0.1) is 5.92 Å². The van der Waals surface area contributed by atoms with Gasteiger partial charge in [0.1, 0.15) is 48.9 Å². The summed E-state index contributed by atoms with van der Waals surface area (Å²) in [7, 11) is 1.37. The molecule has 0 aromatic heterocycles. The van der Waals surface area contributed by atoms with Gasteiger partial charge in [0.05, 0.1) is 87.4 Å². The van der Waals surface area contributed by atoms with Gasteiger partial charge in [-0.05, 0) is 113 Å². The van der Waals surface area contributed by atoms with E-state index in [0.717, 1.165) is 22.0 Å². The summed E-state index contributed by atoms with van der Waals surface area (Å²) < 4.78 is 40.9. The zero-order valence-corrected chi connectivity index (χ0v) is 69.7. The van der Waals surface area contributed by atoms with Gasteiger partial charge in [-0.15, -0.1) is 0 Å². The van der Waals surface area contributed by atoms with Gasteiger partial charge in [0.15, 0.2) is 35.5 Å². The van der Waals surface area contributed by atoms with Gasteiger partial charge in [0.25, 0.3) is 11.8 Å². The van der Waals surface area contributed by atoms with Crippen molar-refractivity contribution in [3.8, 4) is 17.2 Å². The number of carbonyl (C=O) groups excluding carboxylic acids is 14. The van der Waals surface area contributed by atoms with Crippen LogP contribution >= 0.6 is 0 Å². The highest BCUT2D eigenvalue weighted by molar-refractivity contribution is 6.08. The van der Waals surface area contributed by atoms with E-state index in [1.54, 1.807) is 24.3 Å². The number of Topliss-reactive ketones (excluding diaryl/α,β-unsaturated/α-hetero) is 2. The fourth-order valence-electron chi connectivity index (χ4n) is 14.0. The number of benzene rings is 4. The number of aliphatic hydroxyl groups excluding tert-OH is 4. The van der Waals surface area contributed by atoms with Crippen LogP contribution in [-0.2, 0) is 91.5 Å². The summed E-state index contributed by atoms with van der Waals surface area (Å²) in [6, 6.07) is 8.81. The average Bonchev–Trinajstić information content (AvgIpc) is 1.61. The number of aliphatic hydroxyl groups is 4. The van der Waals surface area contributed by atoms with Crippen molar-refractivity contribution < 1.29 is 131 Å². The Labute approximate surface area is 718 Å². The lowest BCUT2D eigenvalue weighted by molar-refractivity contribution is -0.134. The van der Waals surface area contributed by atoms with Crippen molar-refractivity contribution >= 4 is 112 Å². The first-order valence-electron chi connectivity index (χ1n) is 40.4. The van der Waals surface area contributed by atoms with E-state index < -0.39 is 168 Å². The Morgan fingerprint density at radius 3 is 1.56 bits per heavy atom. The number of carbonyl (C=O) groups is 15. The maximum Gasteiger partial charge on any atom is 0.416 e. The molecule has 125 heavy (non-hydrogen) atoms. The summed E-state index contributed by atoms with van der Waals surface area (Å²) in [5.41, 5.74) is 2.73. The molecular formula is C86H104N12O27. The molecular weight excluding hydrogens is 1630 g/mol. The number of fused-ring (bicyclic) bond motifs is 4. The maximum atomic E-state index is 14.4. The van der Waals surface area contributed by atoms with Crippen LogP contribution < -0.4 is 66.5 Å². The monoisotopic (exact) mass is 1740 g/mol. The molecule has 0 spiro atoms. The SMILES string of the molecule is C=C(O)/C=C\C(=O)NC1C(=O)CCCOCCC(=O)NC(C)C(=O)NC(C)C(=O)Nc2ccc(cc2)COC(=O)N2c3cc(c(CO)cc3C(=O)N3CC(=C)C[C@H]3[C@@H]2O)OCCCCCOc2cc3c(cc2OC)C(=O)N2CC(=C)C[C@H]2[C@H](O)N3C(=O)OCc2ccc(cc2)NC(=O)C(C)CC(=O)C(C)NC(=O)CCOCCNC(=O)C1NC(=O)/C=C\C(=O)O. The minimum Gasteiger partial charge on any atom is -0.509 e. The van der Waals surface area contributed by atoms with E-state index in [-0.39, 0.29) is 162 Å². The molecule has 7 aliphatic rings. The summed E-state index contributed by atoms with van der Waals surface area (Å²) in [6.45, 7) is 14.7.